The Kier molecular flexibility index (Phi) is 3.91. The number of piperidine rings is 1. The summed E-state index contributed by atoms with van der Waals surface area (Å²) in [5, 5.41) is 4.26. The highest BCUT2D eigenvalue weighted by Crippen LogP contribution is 2.42. The SMILES string of the molecule is Cn1cc(CN2CCC3(CC2)C[C@@H](c2cccnc2)CO3)cn1. The summed E-state index contributed by atoms with van der Waals surface area (Å²) in [6, 6.07) is 4.20. The van der Waals surface area contributed by atoms with Gasteiger partial charge in [-0.1, -0.05) is 6.07 Å². The zero-order valence-electron chi connectivity index (χ0n) is 13.7. The van der Waals surface area contributed by atoms with E-state index in [1.807, 2.05) is 36.4 Å². The molecule has 0 amide bonds. The zero-order valence-corrected chi connectivity index (χ0v) is 13.7. The molecule has 5 heteroatoms. The maximum atomic E-state index is 6.28. The lowest BCUT2D eigenvalue weighted by molar-refractivity contribution is -0.0448. The van der Waals surface area contributed by atoms with Gasteiger partial charge in [-0.25, -0.2) is 0 Å². The quantitative estimate of drug-likeness (QED) is 0.872. The smallest absolute Gasteiger partial charge is 0.0713 e. The molecule has 0 bridgehead atoms. The highest BCUT2D eigenvalue weighted by molar-refractivity contribution is 5.18. The number of likely N-dealkylation sites (tertiary alicyclic amines) is 1. The van der Waals surface area contributed by atoms with Crippen molar-refractivity contribution in [3.8, 4) is 0 Å². The topological polar surface area (TPSA) is 43.2 Å². The van der Waals surface area contributed by atoms with Crippen molar-refractivity contribution in [2.45, 2.75) is 37.3 Å². The first-order valence-corrected chi connectivity index (χ1v) is 8.46. The Morgan fingerprint density at radius 3 is 2.87 bits per heavy atom. The molecule has 1 atom stereocenters. The summed E-state index contributed by atoms with van der Waals surface area (Å²) in [7, 11) is 1.97. The van der Waals surface area contributed by atoms with Gasteiger partial charge in [-0.05, 0) is 30.9 Å². The van der Waals surface area contributed by atoms with Crippen LogP contribution in [0, 0.1) is 0 Å². The van der Waals surface area contributed by atoms with Crippen molar-refractivity contribution in [1.82, 2.24) is 19.7 Å². The summed E-state index contributed by atoms with van der Waals surface area (Å²) in [4.78, 5) is 6.77. The van der Waals surface area contributed by atoms with Crippen molar-refractivity contribution in [2.24, 2.45) is 7.05 Å². The molecule has 2 fully saturated rings. The number of nitrogens with zero attached hydrogens (tertiary/aromatic N) is 4. The van der Waals surface area contributed by atoms with E-state index in [0.29, 0.717) is 5.92 Å². The van der Waals surface area contributed by atoms with E-state index in [-0.39, 0.29) is 5.60 Å². The molecule has 23 heavy (non-hydrogen) atoms. The van der Waals surface area contributed by atoms with Gasteiger partial charge in [-0.15, -0.1) is 0 Å². The van der Waals surface area contributed by atoms with Crippen molar-refractivity contribution >= 4 is 0 Å². The number of aryl methyl sites for hydroxylation is 1. The van der Waals surface area contributed by atoms with Gasteiger partial charge >= 0.3 is 0 Å². The van der Waals surface area contributed by atoms with E-state index in [1.165, 1.54) is 11.1 Å². The number of pyridine rings is 1. The molecule has 0 aromatic carbocycles. The number of rotatable bonds is 3. The van der Waals surface area contributed by atoms with Crippen molar-refractivity contribution < 1.29 is 4.74 Å². The lowest BCUT2D eigenvalue weighted by atomic mass is 9.83. The van der Waals surface area contributed by atoms with Gasteiger partial charge < -0.3 is 4.74 Å². The summed E-state index contributed by atoms with van der Waals surface area (Å²) in [5.41, 5.74) is 2.71. The number of ether oxygens (including phenoxy) is 1. The zero-order chi connectivity index (χ0) is 15.7. The Morgan fingerprint density at radius 1 is 1.30 bits per heavy atom. The first kappa shape index (κ1) is 14.8. The van der Waals surface area contributed by atoms with Gasteiger partial charge in [0.1, 0.15) is 0 Å². The van der Waals surface area contributed by atoms with E-state index in [4.69, 9.17) is 4.74 Å². The average molecular weight is 312 g/mol. The first-order chi connectivity index (χ1) is 11.2. The number of aromatic nitrogens is 3. The second-order valence-corrected chi connectivity index (χ2v) is 6.98. The maximum absolute atomic E-state index is 6.28. The van der Waals surface area contributed by atoms with Gasteiger partial charge in [0.2, 0.25) is 0 Å². The van der Waals surface area contributed by atoms with Crippen LogP contribution in [0.1, 0.15) is 36.3 Å². The Bertz CT molecular complexity index is 646. The molecule has 0 unspecified atom stereocenters. The van der Waals surface area contributed by atoms with Gasteiger partial charge in [-0.2, -0.15) is 5.10 Å². The lowest BCUT2D eigenvalue weighted by Gasteiger charge is -2.38. The molecule has 2 aliphatic heterocycles. The molecule has 0 saturated carbocycles. The van der Waals surface area contributed by atoms with Crippen molar-refractivity contribution in [3.05, 3.63) is 48.0 Å². The molecular weight excluding hydrogens is 288 g/mol. The van der Waals surface area contributed by atoms with Crippen LogP contribution in [0.3, 0.4) is 0 Å². The molecule has 2 aromatic heterocycles. The highest BCUT2D eigenvalue weighted by Gasteiger charge is 2.43. The van der Waals surface area contributed by atoms with Crippen molar-refractivity contribution in [3.63, 3.8) is 0 Å². The van der Waals surface area contributed by atoms with Gasteiger partial charge in [0.25, 0.3) is 0 Å². The number of hydrogen-bond donors (Lipinski definition) is 0. The van der Waals surface area contributed by atoms with E-state index in [0.717, 1.165) is 45.5 Å². The van der Waals surface area contributed by atoms with Crippen LogP contribution >= 0.6 is 0 Å². The molecule has 2 saturated heterocycles. The minimum atomic E-state index is 0.0892. The molecular formula is C18H24N4O. The summed E-state index contributed by atoms with van der Waals surface area (Å²) >= 11 is 0. The Balaban J connectivity index is 1.34. The maximum Gasteiger partial charge on any atom is 0.0713 e. The summed E-state index contributed by atoms with van der Waals surface area (Å²) in [6.07, 6.45) is 11.3. The van der Waals surface area contributed by atoms with Crippen LogP contribution in [0.2, 0.25) is 0 Å². The molecule has 2 aliphatic rings. The van der Waals surface area contributed by atoms with Gasteiger partial charge in [-0.3, -0.25) is 14.6 Å². The molecule has 1 spiro atoms. The van der Waals surface area contributed by atoms with E-state index >= 15 is 0 Å². The van der Waals surface area contributed by atoms with Gasteiger partial charge in [0, 0.05) is 56.8 Å². The van der Waals surface area contributed by atoms with Crippen molar-refractivity contribution in [1.29, 1.82) is 0 Å². The first-order valence-electron chi connectivity index (χ1n) is 8.46. The van der Waals surface area contributed by atoms with Crippen LogP contribution in [-0.2, 0) is 18.3 Å². The average Bonchev–Trinajstić information content (AvgIpc) is 3.18. The summed E-state index contributed by atoms with van der Waals surface area (Å²) < 4.78 is 8.15. The van der Waals surface area contributed by atoms with Crippen LogP contribution in [0.15, 0.2) is 36.9 Å². The molecule has 5 nitrogen and oxygen atoms in total. The molecule has 4 rings (SSSR count). The molecule has 0 aliphatic carbocycles. The fourth-order valence-corrected chi connectivity index (χ4v) is 3.95. The molecule has 4 heterocycles. The molecule has 0 N–H and O–H groups in total. The van der Waals surface area contributed by atoms with Crippen LogP contribution in [-0.4, -0.2) is 45.0 Å². The fourth-order valence-electron chi connectivity index (χ4n) is 3.95. The fraction of sp³-hybridized carbons (Fsp3) is 0.556. The molecule has 122 valence electrons. The highest BCUT2D eigenvalue weighted by atomic mass is 16.5. The normalized spacial score (nSPS) is 24.3. The van der Waals surface area contributed by atoms with E-state index in [1.54, 1.807) is 0 Å². The van der Waals surface area contributed by atoms with Crippen LogP contribution in [0.5, 0.6) is 0 Å². The molecule has 0 radical (unpaired) electrons. The lowest BCUT2D eigenvalue weighted by Crippen LogP contribution is -2.43. The Labute approximate surface area is 137 Å². The monoisotopic (exact) mass is 312 g/mol. The van der Waals surface area contributed by atoms with Crippen LogP contribution in [0.25, 0.3) is 0 Å². The largest absolute Gasteiger partial charge is 0.374 e. The predicted molar refractivity (Wildman–Crippen MR) is 88.0 cm³/mol. The Morgan fingerprint density at radius 2 is 2.17 bits per heavy atom. The predicted octanol–water partition coefficient (Wildman–Crippen LogP) is 2.35. The standard InChI is InChI=1S/C18H24N4O/c1-21-12-15(10-20-21)13-22-7-4-18(5-8-22)9-17(14-23-18)16-3-2-6-19-11-16/h2-3,6,10-12,17H,4-5,7-9,13-14H2,1H3/t17-/m1/s1. The van der Waals surface area contributed by atoms with Crippen molar-refractivity contribution in [2.75, 3.05) is 19.7 Å². The van der Waals surface area contributed by atoms with E-state index < -0.39 is 0 Å². The van der Waals surface area contributed by atoms with Crippen LogP contribution < -0.4 is 0 Å². The van der Waals surface area contributed by atoms with Gasteiger partial charge in [0.05, 0.1) is 18.4 Å². The molecule has 2 aromatic rings. The minimum Gasteiger partial charge on any atom is -0.374 e. The summed E-state index contributed by atoms with van der Waals surface area (Å²) in [5.74, 6) is 0.508. The number of hydrogen-bond acceptors (Lipinski definition) is 4. The Hall–Kier alpha value is -1.72. The second kappa shape index (κ2) is 6.06. The summed E-state index contributed by atoms with van der Waals surface area (Å²) in [6.45, 7) is 4.05. The second-order valence-electron chi connectivity index (χ2n) is 6.98. The van der Waals surface area contributed by atoms with Crippen LogP contribution in [0.4, 0.5) is 0 Å². The minimum absolute atomic E-state index is 0.0892. The van der Waals surface area contributed by atoms with E-state index in [9.17, 15) is 0 Å². The third-order valence-corrected chi connectivity index (χ3v) is 5.30. The third-order valence-electron chi connectivity index (χ3n) is 5.30. The van der Waals surface area contributed by atoms with E-state index in [2.05, 4.69) is 27.2 Å². The van der Waals surface area contributed by atoms with Gasteiger partial charge in [0.15, 0.2) is 0 Å². The third kappa shape index (κ3) is 3.16.